The Morgan fingerprint density at radius 2 is 1.89 bits per heavy atom. The van der Waals surface area contributed by atoms with Gasteiger partial charge >= 0.3 is 5.97 Å². The fraction of sp³-hybridized carbons (Fsp3) is 0.533. The maximum Gasteiger partial charge on any atom is 0.307 e. The van der Waals surface area contributed by atoms with Gasteiger partial charge < -0.3 is 9.53 Å². The maximum atomic E-state index is 10.8. The number of carboxylic acids is 1. The summed E-state index contributed by atoms with van der Waals surface area (Å²) in [6, 6.07) is 7.62. The van der Waals surface area contributed by atoms with Gasteiger partial charge in [0.2, 0.25) is 9.76 Å². The Morgan fingerprint density at radius 1 is 1.26 bits per heavy atom. The lowest BCUT2D eigenvalue weighted by molar-refractivity contribution is -0.136. The minimum absolute atomic E-state index is 0.0471. The van der Waals surface area contributed by atoms with Crippen molar-refractivity contribution in [2.24, 2.45) is 0 Å². The van der Waals surface area contributed by atoms with Gasteiger partial charge in [-0.25, -0.2) is 0 Å². The highest BCUT2D eigenvalue weighted by molar-refractivity contribution is 6.31. The smallest absolute Gasteiger partial charge is 0.307 e. The molecule has 0 amide bonds. The monoisotopic (exact) mass is 278 g/mol. The Hall–Kier alpha value is -1.13. The van der Waals surface area contributed by atoms with Gasteiger partial charge in [0.05, 0.1) is 12.0 Å². The van der Waals surface area contributed by atoms with Crippen molar-refractivity contribution >= 4 is 15.7 Å². The second kappa shape index (κ2) is 5.88. The number of carbonyl (C=O) groups is 1. The molecular formula is C15H22O3Si. The quantitative estimate of drug-likeness (QED) is 0.840. The first kappa shape index (κ1) is 15.9. The lowest BCUT2D eigenvalue weighted by Gasteiger charge is -2.30. The van der Waals surface area contributed by atoms with E-state index in [1.165, 1.54) is 0 Å². The molecule has 0 atom stereocenters. The van der Waals surface area contributed by atoms with Crippen LogP contribution in [0.1, 0.15) is 45.7 Å². The van der Waals surface area contributed by atoms with Gasteiger partial charge in [0, 0.05) is 0 Å². The average molecular weight is 278 g/mol. The van der Waals surface area contributed by atoms with E-state index in [0.717, 1.165) is 11.1 Å². The van der Waals surface area contributed by atoms with Crippen LogP contribution in [0.15, 0.2) is 24.3 Å². The molecule has 0 aromatic heterocycles. The van der Waals surface area contributed by atoms with Crippen LogP contribution in [0, 0.1) is 0 Å². The number of rotatable bonds is 5. The molecule has 2 radical (unpaired) electrons. The van der Waals surface area contributed by atoms with Gasteiger partial charge in [-0.2, -0.15) is 0 Å². The van der Waals surface area contributed by atoms with Gasteiger partial charge in [0.15, 0.2) is 0 Å². The van der Waals surface area contributed by atoms with Crippen molar-refractivity contribution in [2.45, 2.75) is 51.7 Å². The third kappa shape index (κ3) is 5.57. The fourth-order valence-corrected chi connectivity index (χ4v) is 2.25. The van der Waals surface area contributed by atoms with Gasteiger partial charge in [-0.3, -0.25) is 4.79 Å². The zero-order valence-corrected chi connectivity index (χ0v) is 13.3. The molecule has 1 aromatic rings. The summed E-state index contributed by atoms with van der Waals surface area (Å²) in [5.74, 6) is -0.813. The Labute approximate surface area is 117 Å². The number of hydrogen-bond acceptors (Lipinski definition) is 2. The summed E-state index contributed by atoms with van der Waals surface area (Å²) in [5.41, 5.74) is 1.42. The molecule has 19 heavy (non-hydrogen) atoms. The first-order valence-corrected chi connectivity index (χ1v) is 7.27. The summed E-state index contributed by atoms with van der Waals surface area (Å²) in [4.78, 5) is 10.8. The highest BCUT2D eigenvalue weighted by Crippen LogP contribution is 2.29. The van der Waals surface area contributed by atoms with E-state index in [9.17, 15) is 4.79 Å². The molecule has 0 saturated heterocycles. The molecule has 0 saturated carbocycles. The number of benzene rings is 1. The second-order valence-corrected chi connectivity index (χ2v) is 8.14. The Bertz CT molecular complexity index is 447. The zero-order chi connectivity index (χ0) is 14.7. The minimum atomic E-state index is -0.813. The third-order valence-electron chi connectivity index (χ3n) is 2.59. The van der Waals surface area contributed by atoms with Crippen molar-refractivity contribution in [3.05, 3.63) is 35.4 Å². The third-order valence-corrected chi connectivity index (χ3v) is 3.81. The van der Waals surface area contributed by atoms with Crippen molar-refractivity contribution in [3.63, 3.8) is 0 Å². The predicted molar refractivity (Wildman–Crippen MR) is 77.4 cm³/mol. The van der Waals surface area contributed by atoms with E-state index in [0.29, 0.717) is 9.76 Å². The van der Waals surface area contributed by atoms with E-state index < -0.39 is 11.6 Å². The maximum absolute atomic E-state index is 10.8. The molecule has 0 aliphatic carbocycles. The van der Waals surface area contributed by atoms with Crippen molar-refractivity contribution in [2.75, 3.05) is 0 Å². The summed E-state index contributed by atoms with van der Waals surface area (Å²) in [7, 11) is 0.395. The van der Waals surface area contributed by atoms with Crippen molar-refractivity contribution in [1.82, 2.24) is 0 Å². The van der Waals surface area contributed by atoms with Crippen molar-refractivity contribution < 1.29 is 14.3 Å². The molecule has 0 aliphatic rings. The minimum Gasteiger partial charge on any atom is -0.481 e. The molecule has 3 nitrogen and oxygen atoms in total. The van der Waals surface area contributed by atoms with Crippen molar-refractivity contribution in [3.8, 4) is 0 Å². The van der Waals surface area contributed by atoms with Crippen LogP contribution in [0.25, 0.3) is 0 Å². The van der Waals surface area contributed by atoms with Gasteiger partial charge in [-0.05, 0) is 30.0 Å². The Morgan fingerprint density at radius 3 is 2.42 bits per heavy atom. The molecular weight excluding hydrogens is 256 g/mol. The number of hydrogen-bond donors (Lipinski definition) is 1. The van der Waals surface area contributed by atoms with Crippen LogP contribution in [0.4, 0.5) is 0 Å². The molecule has 1 aromatic carbocycles. The average Bonchev–Trinajstić information content (AvgIpc) is 2.25. The van der Waals surface area contributed by atoms with Crippen LogP contribution in [0.2, 0.25) is 5.04 Å². The van der Waals surface area contributed by atoms with Crippen LogP contribution < -0.4 is 0 Å². The van der Waals surface area contributed by atoms with E-state index in [1.54, 1.807) is 0 Å². The van der Waals surface area contributed by atoms with Gasteiger partial charge in [0.1, 0.15) is 0 Å². The van der Waals surface area contributed by atoms with Crippen LogP contribution in [-0.2, 0) is 21.2 Å². The molecule has 1 N–H and O–H groups in total. The largest absolute Gasteiger partial charge is 0.481 e. The van der Waals surface area contributed by atoms with Gasteiger partial charge in [0.25, 0.3) is 0 Å². The molecule has 4 heteroatoms. The zero-order valence-electron chi connectivity index (χ0n) is 12.3. The van der Waals surface area contributed by atoms with E-state index in [4.69, 9.17) is 9.53 Å². The summed E-state index contributed by atoms with van der Waals surface area (Å²) in [6.45, 7) is 10.5. The molecule has 0 spiro atoms. The molecule has 0 bridgehead atoms. The summed E-state index contributed by atoms with van der Waals surface area (Å²) in [5, 5.41) is 8.98. The van der Waals surface area contributed by atoms with Gasteiger partial charge in [-0.1, -0.05) is 45.0 Å². The van der Waals surface area contributed by atoms with Gasteiger partial charge in [-0.15, -0.1) is 0 Å². The predicted octanol–water partition coefficient (Wildman–Crippen LogP) is 3.40. The molecule has 0 unspecified atom stereocenters. The van der Waals surface area contributed by atoms with Crippen LogP contribution in [-0.4, -0.2) is 20.8 Å². The standard InChI is InChI=1S/C15H22O3Si/c1-14(2,3)19-18-15(4,5)12-8-6-7-11(9-12)10-13(16)17/h6-9H,10H2,1-5H3,(H,16,17). The van der Waals surface area contributed by atoms with E-state index in [2.05, 4.69) is 20.8 Å². The van der Waals surface area contributed by atoms with E-state index >= 15 is 0 Å². The van der Waals surface area contributed by atoms with E-state index in [1.807, 2.05) is 38.1 Å². The van der Waals surface area contributed by atoms with Crippen LogP contribution in [0.5, 0.6) is 0 Å². The topological polar surface area (TPSA) is 46.5 Å². The first-order chi connectivity index (χ1) is 8.60. The molecule has 1 rings (SSSR count). The molecule has 0 fully saturated rings. The Kier molecular flexibility index (Phi) is 4.93. The SMILES string of the molecule is CC(C)(C)[Si]OC(C)(C)c1cccc(CC(=O)O)c1. The number of aliphatic carboxylic acids is 1. The molecule has 104 valence electrons. The van der Waals surface area contributed by atoms with E-state index in [-0.39, 0.29) is 11.5 Å². The van der Waals surface area contributed by atoms with Crippen LogP contribution in [0.3, 0.4) is 0 Å². The molecule has 0 heterocycles. The Balaban J connectivity index is 2.85. The highest BCUT2D eigenvalue weighted by atomic mass is 28.2. The van der Waals surface area contributed by atoms with Crippen LogP contribution >= 0.6 is 0 Å². The fourth-order valence-electron chi connectivity index (χ4n) is 1.57. The summed E-state index contributed by atoms with van der Waals surface area (Å²) in [6.07, 6.45) is 0.0471. The summed E-state index contributed by atoms with van der Waals surface area (Å²) >= 11 is 0. The lowest BCUT2D eigenvalue weighted by Crippen LogP contribution is -2.27. The molecule has 0 aliphatic heterocycles. The van der Waals surface area contributed by atoms with Crippen molar-refractivity contribution in [1.29, 1.82) is 0 Å². The number of carboxylic acid groups (broad SMARTS) is 1. The second-order valence-electron chi connectivity index (χ2n) is 6.24. The lowest BCUT2D eigenvalue weighted by atomic mass is 9.96. The highest BCUT2D eigenvalue weighted by Gasteiger charge is 2.25. The first-order valence-electron chi connectivity index (χ1n) is 6.36. The normalized spacial score (nSPS) is 12.5. The summed E-state index contributed by atoms with van der Waals surface area (Å²) < 4.78 is 6.02.